The van der Waals surface area contributed by atoms with Gasteiger partial charge in [0.2, 0.25) is 5.91 Å². The van der Waals surface area contributed by atoms with E-state index in [4.69, 9.17) is 10.1 Å². The number of pyridine rings is 1. The maximum atomic E-state index is 12.2. The summed E-state index contributed by atoms with van der Waals surface area (Å²) in [7, 11) is 0. The number of nitrogens with one attached hydrogen (secondary N) is 2. The van der Waals surface area contributed by atoms with Gasteiger partial charge < -0.3 is 25.7 Å². The third-order valence-corrected chi connectivity index (χ3v) is 6.03. The molecule has 0 aromatic carbocycles. The molecule has 196 valence electrons. The second-order valence-corrected chi connectivity index (χ2v) is 10.6. The average Bonchev–Trinajstić information content (AvgIpc) is 2.77. The standard InChI is InChI=1S/C26H42N4O5/c1-26(2,3)18-22(31)29-21(25(34)35)13-17-30(16-7-10-23(32)33)15-5-4-9-20-12-11-19-8-6-14-27-24(19)28-20/h11-12,21H,4-10,13-18H2,1-3H3,(H,27,28)(H,29,31)(H,32,33)(H,34,35). The summed E-state index contributed by atoms with van der Waals surface area (Å²) >= 11 is 0. The van der Waals surface area contributed by atoms with Crippen molar-refractivity contribution in [2.45, 2.75) is 84.6 Å². The molecule has 0 saturated heterocycles. The minimum Gasteiger partial charge on any atom is -0.481 e. The number of carbonyl (C=O) groups excluding carboxylic acids is 1. The van der Waals surface area contributed by atoms with E-state index >= 15 is 0 Å². The molecule has 1 aromatic rings. The van der Waals surface area contributed by atoms with Crippen LogP contribution in [-0.2, 0) is 27.2 Å². The van der Waals surface area contributed by atoms with Gasteiger partial charge in [0.05, 0.1) is 0 Å². The summed E-state index contributed by atoms with van der Waals surface area (Å²) in [5.41, 5.74) is 2.11. The van der Waals surface area contributed by atoms with Crippen molar-refractivity contribution in [1.82, 2.24) is 15.2 Å². The first-order valence-electron chi connectivity index (χ1n) is 12.7. The van der Waals surface area contributed by atoms with Crippen LogP contribution >= 0.6 is 0 Å². The Kier molecular flexibility index (Phi) is 11.4. The fraction of sp³-hybridized carbons (Fsp3) is 0.692. The van der Waals surface area contributed by atoms with E-state index in [-0.39, 0.29) is 30.6 Å². The van der Waals surface area contributed by atoms with Gasteiger partial charge in [0.25, 0.3) is 0 Å². The Labute approximate surface area is 208 Å². The van der Waals surface area contributed by atoms with E-state index in [1.807, 2.05) is 20.8 Å². The Hall–Kier alpha value is -2.68. The zero-order valence-corrected chi connectivity index (χ0v) is 21.4. The normalized spacial score (nSPS) is 14.2. The van der Waals surface area contributed by atoms with Crippen molar-refractivity contribution >= 4 is 23.7 Å². The van der Waals surface area contributed by atoms with E-state index in [2.05, 4.69) is 27.7 Å². The summed E-state index contributed by atoms with van der Waals surface area (Å²) in [4.78, 5) is 41.7. The fourth-order valence-corrected chi connectivity index (χ4v) is 4.23. The molecule has 1 aliphatic rings. The molecule has 4 N–H and O–H groups in total. The van der Waals surface area contributed by atoms with E-state index in [1.54, 1.807) is 0 Å². The Balaban J connectivity index is 1.85. The van der Waals surface area contributed by atoms with E-state index in [1.165, 1.54) is 5.56 Å². The molecule has 2 heterocycles. The van der Waals surface area contributed by atoms with Gasteiger partial charge in [0, 0.05) is 31.6 Å². The van der Waals surface area contributed by atoms with Crippen LogP contribution in [0.15, 0.2) is 12.1 Å². The monoisotopic (exact) mass is 490 g/mol. The first kappa shape index (κ1) is 28.6. The lowest BCUT2D eigenvalue weighted by atomic mass is 9.92. The molecular formula is C26H42N4O5. The van der Waals surface area contributed by atoms with E-state index in [0.717, 1.165) is 56.7 Å². The maximum absolute atomic E-state index is 12.2. The number of carbonyl (C=O) groups is 3. The van der Waals surface area contributed by atoms with E-state index < -0.39 is 18.0 Å². The van der Waals surface area contributed by atoms with Crippen LogP contribution in [0.25, 0.3) is 0 Å². The summed E-state index contributed by atoms with van der Waals surface area (Å²) in [5.74, 6) is -1.16. The molecule has 2 rings (SSSR count). The van der Waals surface area contributed by atoms with Crippen molar-refractivity contribution in [3.63, 3.8) is 0 Å². The zero-order chi connectivity index (χ0) is 25.8. The molecule has 9 heteroatoms. The number of amides is 1. The molecule has 0 fully saturated rings. The Morgan fingerprint density at radius 1 is 1.11 bits per heavy atom. The number of hydrogen-bond donors (Lipinski definition) is 4. The van der Waals surface area contributed by atoms with Gasteiger partial charge in [0.15, 0.2) is 0 Å². The van der Waals surface area contributed by atoms with Gasteiger partial charge in [0.1, 0.15) is 11.9 Å². The number of aliphatic carboxylic acids is 2. The number of aromatic nitrogens is 1. The van der Waals surface area contributed by atoms with Gasteiger partial charge in [-0.15, -0.1) is 0 Å². The number of rotatable bonds is 15. The Morgan fingerprint density at radius 3 is 2.54 bits per heavy atom. The molecule has 0 radical (unpaired) electrons. The molecule has 1 aromatic heterocycles. The lowest BCUT2D eigenvalue weighted by molar-refractivity contribution is -0.142. The van der Waals surface area contributed by atoms with E-state index in [9.17, 15) is 19.5 Å². The minimum absolute atomic E-state index is 0.0766. The number of aryl methyl sites for hydroxylation is 2. The number of unbranched alkanes of at least 4 members (excludes halogenated alkanes) is 1. The minimum atomic E-state index is -1.05. The van der Waals surface area contributed by atoms with Crippen molar-refractivity contribution in [3.8, 4) is 0 Å². The van der Waals surface area contributed by atoms with Crippen molar-refractivity contribution in [2.75, 3.05) is 31.5 Å². The first-order chi connectivity index (χ1) is 16.5. The number of carboxylic acid groups (broad SMARTS) is 2. The fourth-order valence-electron chi connectivity index (χ4n) is 4.23. The third-order valence-electron chi connectivity index (χ3n) is 6.03. The molecule has 1 aliphatic heterocycles. The molecule has 0 spiro atoms. The highest BCUT2D eigenvalue weighted by Crippen LogP contribution is 2.20. The van der Waals surface area contributed by atoms with Crippen LogP contribution in [0.4, 0.5) is 5.82 Å². The maximum Gasteiger partial charge on any atom is 0.326 e. The number of anilines is 1. The molecule has 0 aliphatic carbocycles. The van der Waals surface area contributed by atoms with Crippen LogP contribution in [0.1, 0.15) is 77.0 Å². The quantitative estimate of drug-likeness (QED) is 0.275. The molecule has 9 nitrogen and oxygen atoms in total. The largest absolute Gasteiger partial charge is 0.481 e. The van der Waals surface area contributed by atoms with Crippen molar-refractivity contribution < 1.29 is 24.6 Å². The first-order valence-corrected chi connectivity index (χ1v) is 12.7. The van der Waals surface area contributed by atoms with E-state index in [0.29, 0.717) is 19.5 Å². The molecule has 35 heavy (non-hydrogen) atoms. The van der Waals surface area contributed by atoms with Crippen molar-refractivity contribution in [1.29, 1.82) is 0 Å². The highest BCUT2D eigenvalue weighted by atomic mass is 16.4. The van der Waals surface area contributed by atoms with Crippen LogP contribution in [0, 0.1) is 5.41 Å². The van der Waals surface area contributed by atoms with Crippen LogP contribution in [0.2, 0.25) is 0 Å². The Morgan fingerprint density at radius 2 is 1.86 bits per heavy atom. The van der Waals surface area contributed by atoms with Gasteiger partial charge in [-0.2, -0.15) is 0 Å². The molecule has 1 unspecified atom stereocenters. The highest BCUT2D eigenvalue weighted by molar-refractivity contribution is 5.83. The number of nitrogens with zero attached hydrogens (tertiary/aromatic N) is 2. The van der Waals surface area contributed by atoms with Crippen LogP contribution < -0.4 is 10.6 Å². The van der Waals surface area contributed by atoms with Gasteiger partial charge in [-0.1, -0.05) is 26.8 Å². The molecule has 0 saturated carbocycles. The molecule has 0 bridgehead atoms. The predicted molar refractivity (Wildman–Crippen MR) is 136 cm³/mol. The summed E-state index contributed by atoms with van der Waals surface area (Å²) in [6.45, 7) is 8.56. The van der Waals surface area contributed by atoms with Crippen LogP contribution in [0.3, 0.4) is 0 Å². The molecular weight excluding hydrogens is 448 g/mol. The lowest BCUT2D eigenvalue weighted by Crippen LogP contribution is -2.44. The number of fused-ring (bicyclic) bond motifs is 1. The van der Waals surface area contributed by atoms with Gasteiger partial charge in [-0.25, -0.2) is 9.78 Å². The van der Waals surface area contributed by atoms with Gasteiger partial charge in [-0.3, -0.25) is 9.59 Å². The van der Waals surface area contributed by atoms with Gasteiger partial charge in [-0.05, 0) is 75.1 Å². The SMILES string of the molecule is CC(C)(C)CC(=O)NC(CCN(CCCCc1ccc2c(n1)NCCC2)CCCC(=O)O)C(=O)O. The van der Waals surface area contributed by atoms with Gasteiger partial charge >= 0.3 is 11.9 Å². The molecule has 1 amide bonds. The third kappa shape index (κ3) is 11.5. The zero-order valence-electron chi connectivity index (χ0n) is 21.4. The number of hydrogen-bond acceptors (Lipinski definition) is 6. The number of carboxylic acids is 2. The predicted octanol–water partition coefficient (Wildman–Crippen LogP) is 3.32. The topological polar surface area (TPSA) is 132 Å². The van der Waals surface area contributed by atoms with Crippen LogP contribution in [0.5, 0.6) is 0 Å². The summed E-state index contributed by atoms with van der Waals surface area (Å²) in [5, 5.41) is 24.6. The molecule has 1 atom stereocenters. The Bertz CT molecular complexity index is 853. The summed E-state index contributed by atoms with van der Waals surface area (Å²) in [6, 6.07) is 3.29. The summed E-state index contributed by atoms with van der Waals surface area (Å²) in [6.07, 6.45) is 6.00. The van der Waals surface area contributed by atoms with Crippen molar-refractivity contribution in [2.24, 2.45) is 5.41 Å². The lowest BCUT2D eigenvalue weighted by Gasteiger charge is -2.25. The van der Waals surface area contributed by atoms with Crippen molar-refractivity contribution in [3.05, 3.63) is 23.4 Å². The second-order valence-electron chi connectivity index (χ2n) is 10.6. The average molecular weight is 491 g/mol. The smallest absolute Gasteiger partial charge is 0.326 e. The highest BCUT2D eigenvalue weighted by Gasteiger charge is 2.24. The van der Waals surface area contributed by atoms with Crippen LogP contribution in [-0.4, -0.2) is 70.2 Å². The summed E-state index contributed by atoms with van der Waals surface area (Å²) < 4.78 is 0. The second kappa shape index (κ2) is 14.0.